The van der Waals surface area contributed by atoms with Crippen LogP contribution in [0.5, 0.6) is 0 Å². The predicted octanol–water partition coefficient (Wildman–Crippen LogP) is 1.67. The lowest BCUT2D eigenvalue weighted by Gasteiger charge is -2.30. The molecule has 0 aromatic carbocycles. The highest BCUT2D eigenvalue weighted by molar-refractivity contribution is 5.76. The van der Waals surface area contributed by atoms with E-state index in [1.807, 2.05) is 38.9 Å². The highest BCUT2D eigenvalue weighted by Crippen LogP contribution is 2.29. The normalized spacial score (nSPS) is 20.6. The van der Waals surface area contributed by atoms with Crippen molar-refractivity contribution in [3.63, 3.8) is 0 Å². The summed E-state index contributed by atoms with van der Waals surface area (Å²) in [5.41, 5.74) is 0. The molecule has 3 amide bonds. The van der Waals surface area contributed by atoms with E-state index < -0.39 is 0 Å². The molecule has 1 N–H and O–H groups in total. The molecule has 3 rings (SSSR count). The zero-order valence-electron chi connectivity index (χ0n) is 13.8. The van der Waals surface area contributed by atoms with Gasteiger partial charge in [0, 0.05) is 51.5 Å². The van der Waals surface area contributed by atoms with Crippen LogP contribution in [0.1, 0.15) is 32.6 Å². The van der Waals surface area contributed by atoms with Crippen LogP contribution in [0.15, 0.2) is 24.5 Å². The monoisotopic (exact) mass is 318 g/mol. The fraction of sp³-hybridized carbons (Fsp3) is 0.647. The maximum absolute atomic E-state index is 12.4. The van der Waals surface area contributed by atoms with E-state index in [2.05, 4.69) is 5.32 Å². The number of aromatic nitrogens is 1. The fourth-order valence-electron chi connectivity index (χ4n) is 3.35. The van der Waals surface area contributed by atoms with Crippen molar-refractivity contribution in [2.45, 2.75) is 51.2 Å². The quantitative estimate of drug-likeness (QED) is 0.867. The molecule has 2 fully saturated rings. The summed E-state index contributed by atoms with van der Waals surface area (Å²) >= 11 is 0. The first-order valence-corrected chi connectivity index (χ1v) is 8.57. The van der Waals surface area contributed by atoms with Crippen molar-refractivity contribution in [3.05, 3.63) is 24.5 Å². The van der Waals surface area contributed by atoms with Gasteiger partial charge < -0.3 is 19.7 Å². The third kappa shape index (κ3) is 4.06. The SMILES string of the molecule is CC(=O)N(CC1CCCN1C(=O)NCCn1cccc1)C1CC1. The minimum Gasteiger partial charge on any atom is -0.353 e. The van der Waals surface area contributed by atoms with E-state index in [4.69, 9.17) is 0 Å². The standard InChI is InChI=1S/C17H26N4O2/c1-14(22)21(15-6-7-15)13-16-5-4-11-20(16)17(23)18-8-12-19-9-2-3-10-19/h2-3,9-10,15-16H,4-8,11-13H2,1H3,(H,18,23). The summed E-state index contributed by atoms with van der Waals surface area (Å²) < 4.78 is 2.05. The molecule has 0 radical (unpaired) electrons. The second-order valence-corrected chi connectivity index (χ2v) is 6.54. The smallest absolute Gasteiger partial charge is 0.317 e. The predicted molar refractivity (Wildman–Crippen MR) is 88.0 cm³/mol. The van der Waals surface area contributed by atoms with Gasteiger partial charge in [-0.2, -0.15) is 0 Å². The number of rotatable bonds is 6. The Morgan fingerprint density at radius 1 is 1.22 bits per heavy atom. The molecule has 2 heterocycles. The summed E-state index contributed by atoms with van der Waals surface area (Å²) in [5, 5.41) is 3.00. The summed E-state index contributed by atoms with van der Waals surface area (Å²) in [6.45, 7) is 4.50. The number of likely N-dealkylation sites (tertiary alicyclic amines) is 1. The highest BCUT2D eigenvalue weighted by atomic mass is 16.2. The second kappa shape index (κ2) is 7.06. The number of carbonyl (C=O) groups is 2. The maximum Gasteiger partial charge on any atom is 0.317 e. The van der Waals surface area contributed by atoms with E-state index in [-0.39, 0.29) is 18.0 Å². The van der Waals surface area contributed by atoms with Gasteiger partial charge in [0.2, 0.25) is 5.91 Å². The van der Waals surface area contributed by atoms with Gasteiger partial charge in [-0.15, -0.1) is 0 Å². The van der Waals surface area contributed by atoms with Crippen molar-refractivity contribution in [1.29, 1.82) is 0 Å². The molecule has 0 bridgehead atoms. The van der Waals surface area contributed by atoms with Gasteiger partial charge in [-0.25, -0.2) is 4.79 Å². The van der Waals surface area contributed by atoms with Crippen LogP contribution in [0.2, 0.25) is 0 Å². The van der Waals surface area contributed by atoms with Gasteiger partial charge in [0.05, 0.1) is 6.04 Å². The molecule has 1 aliphatic heterocycles. The molecule has 1 unspecified atom stereocenters. The first-order valence-electron chi connectivity index (χ1n) is 8.57. The summed E-state index contributed by atoms with van der Waals surface area (Å²) in [7, 11) is 0. The molecule has 1 saturated carbocycles. The molecule has 1 aromatic heterocycles. The number of nitrogens with one attached hydrogen (secondary N) is 1. The van der Waals surface area contributed by atoms with Crippen LogP contribution in [0.25, 0.3) is 0 Å². The Labute approximate surface area is 137 Å². The Bertz CT molecular complexity index is 539. The van der Waals surface area contributed by atoms with Crippen LogP contribution < -0.4 is 5.32 Å². The van der Waals surface area contributed by atoms with E-state index in [1.54, 1.807) is 6.92 Å². The van der Waals surface area contributed by atoms with Crippen LogP contribution in [0.3, 0.4) is 0 Å². The Morgan fingerprint density at radius 2 is 1.96 bits per heavy atom. The third-order valence-corrected chi connectivity index (χ3v) is 4.75. The van der Waals surface area contributed by atoms with E-state index in [0.29, 0.717) is 19.1 Å². The van der Waals surface area contributed by atoms with Gasteiger partial charge >= 0.3 is 6.03 Å². The van der Waals surface area contributed by atoms with Gasteiger partial charge in [0.15, 0.2) is 0 Å². The summed E-state index contributed by atoms with van der Waals surface area (Å²) in [6.07, 6.45) is 8.20. The second-order valence-electron chi connectivity index (χ2n) is 6.54. The number of carbonyl (C=O) groups excluding carboxylic acids is 2. The molecule has 1 aromatic rings. The Hall–Kier alpha value is -1.98. The van der Waals surface area contributed by atoms with Crippen molar-refractivity contribution in [3.8, 4) is 0 Å². The van der Waals surface area contributed by atoms with Gasteiger partial charge in [-0.05, 0) is 37.8 Å². The third-order valence-electron chi connectivity index (χ3n) is 4.75. The molecule has 126 valence electrons. The zero-order valence-corrected chi connectivity index (χ0v) is 13.8. The average molecular weight is 318 g/mol. The lowest BCUT2D eigenvalue weighted by atomic mass is 10.2. The summed E-state index contributed by atoms with van der Waals surface area (Å²) in [5.74, 6) is 0.132. The lowest BCUT2D eigenvalue weighted by Crippen LogP contribution is -2.49. The highest BCUT2D eigenvalue weighted by Gasteiger charge is 2.36. The molecule has 23 heavy (non-hydrogen) atoms. The molecule has 1 atom stereocenters. The number of nitrogens with zero attached hydrogens (tertiary/aromatic N) is 3. The van der Waals surface area contributed by atoms with Crippen molar-refractivity contribution in [2.24, 2.45) is 0 Å². The largest absolute Gasteiger partial charge is 0.353 e. The van der Waals surface area contributed by atoms with Crippen LogP contribution in [0.4, 0.5) is 4.79 Å². The Balaban J connectivity index is 1.49. The Morgan fingerprint density at radius 3 is 2.61 bits per heavy atom. The minimum atomic E-state index is -0.000967. The van der Waals surface area contributed by atoms with E-state index in [1.165, 1.54) is 0 Å². The molecule has 1 saturated heterocycles. The number of hydrogen-bond donors (Lipinski definition) is 1. The van der Waals surface area contributed by atoms with Crippen LogP contribution >= 0.6 is 0 Å². The molecule has 2 aliphatic rings. The summed E-state index contributed by atoms with van der Waals surface area (Å²) in [6, 6.07) is 4.52. The van der Waals surface area contributed by atoms with E-state index in [0.717, 1.165) is 38.8 Å². The number of hydrogen-bond acceptors (Lipinski definition) is 2. The first kappa shape index (κ1) is 15.9. The van der Waals surface area contributed by atoms with Gasteiger partial charge in [0.1, 0.15) is 0 Å². The average Bonchev–Trinajstić information content (AvgIpc) is 3.03. The van der Waals surface area contributed by atoms with Gasteiger partial charge in [0.25, 0.3) is 0 Å². The molecule has 6 heteroatoms. The molecular weight excluding hydrogens is 292 g/mol. The van der Waals surface area contributed by atoms with E-state index in [9.17, 15) is 9.59 Å². The molecule has 0 spiro atoms. The topological polar surface area (TPSA) is 57.6 Å². The van der Waals surface area contributed by atoms with Crippen LogP contribution in [-0.2, 0) is 11.3 Å². The minimum absolute atomic E-state index is 0.000967. The Kier molecular flexibility index (Phi) is 4.88. The van der Waals surface area contributed by atoms with E-state index >= 15 is 0 Å². The van der Waals surface area contributed by atoms with Gasteiger partial charge in [-0.3, -0.25) is 4.79 Å². The molecule has 1 aliphatic carbocycles. The van der Waals surface area contributed by atoms with Crippen LogP contribution in [0, 0.1) is 0 Å². The van der Waals surface area contributed by atoms with Gasteiger partial charge in [-0.1, -0.05) is 0 Å². The van der Waals surface area contributed by atoms with Crippen molar-refractivity contribution in [1.82, 2.24) is 19.7 Å². The number of amides is 3. The van der Waals surface area contributed by atoms with Crippen molar-refractivity contribution in [2.75, 3.05) is 19.6 Å². The molecule has 6 nitrogen and oxygen atoms in total. The lowest BCUT2D eigenvalue weighted by molar-refractivity contribution is -0.130. The first-order chi connectivity index (χ1) is 11.1. The van der Waals surface area contributed by atoms with Crippen LogP contribution in [-0.4, -0.2) is 58.0 Å². The zero-order chi connectivity index (χ0) is 16.2. The maximum atomic E-state index is 12.4. The summed E-state index contributed by atoms with van der Waals surface area (Å²) in [4.78, 5) is 28.1. The number of urea groups is 1. The van der Waals surface area contributed by atoms with Crippen molar-refractivity contribution < 1.29 is 9.59 Å². The fourth-order valence-corrected chi connectivity index (χ4v) is 3.35. The van der Waals surface area contributed by atoms with Crippen molar-refractivity contribution >= 4 is 11.9 Å². The molecular formula is C17H26N4O2.